The van der Waals surface area contributed by atoms with Gasteiger partial charge in [0.2, 0.25) is 0 Å². The molecule has 5 heteroatoms. The van der Waals surface area contributed by atoms with Gasteiger partial charge in [-0.05, 0) is 82.0 Å². The van der Waals surface area contributed by atoms with Crippen molar-refractivity contribution in [2.75, 3.05) is 12.8 Å². The maximum absolute atomic E-state index is 11.4. The highest BCUT2D eigenvalue weighted by atomic mass is 31.1. The van der Waals surface area contributed by atoms with Gasteiger partial charge in [0.25, 0.3) is 0 Å². The number of hydrogen-bond acceptors (Lipinski definition) is 3. The molecule has 0 heterocycles. The highest BCUT2D eigenvalue weighted by Crippen LogP contribution is 2.48. The molecule has 0 fully saturated rings. The Morgan fingerprint density at radius 1 is 0.580 bits per heavy atom. The third-order valence-electron chi connectivity index (χ3n) is 9.22. The number of phenolic OH excluding ortho intramolecular Hbond substituents is 2. The molecular weight excluding hydrogens is 650 g/mol. The average molecular weight is 715 g/mol. The van der Waals surface area contributed by atoms with E-state index in [0.717, 1.165) is 35.3 Å². The van der Waals surface area contributed by atoms with Crippen LogP contribution in [-0.4, -0.2) is 23.0 Å². The Morgan fingerprint density at radius 2 is 0.940 bits per heavy atom. The summed E-state index contributed by atoms with van der Waals surface area (Å²) in [5, 5.41) is 25.7. The van der Waals surface area contributed by atoms with Crippen LogP contribution in [-0.2, 0) is 26.2 Å². The summed E-state index contributed by atoms with van der Waals surface area (Å²) in [5.74, 6) is 1.19. The second kappa shape index (κ2) is 16.8. The predicted octanol–water partition coefficient (Wildman–Crippen LogP) is 11.9. The number of aromatic hydroxyl groups is 2. The fourth-order valence-corrected chi connectivity index (χ4v) is 8.66. The van der Waals surface area contributed by atoms with Gasteiger partial charge < -0.3 is 14.7 Å². The van der Waals surface area contributed by atoms with E-state index in [2.05, 4.69) is 184 Å². The van der Waals surface area contributed by atoms with Gasteiger partial charge in [0.1, 0.15) is 11.5 Å². The highest BCUT2D eigenvalue weighted by Gasteiger charge is 2.30. The largest absolute Gasteiger partial charge is 0.507 e. The molecule has 0 radical (unpaired) electrons. The molecule has 0 aliphatic carbocycles. The predicted molar refractivity (Wildman–Crippen MR) is 223 cm³/mol. The van der Waals surface area contributed by atoms with Crippen molar-refractivity contribution in [1.29, 1.82) is 0 Å². The Kier molecular flexibility index (Phi) is 14.0. The van der Waals surface area contributed by atoms with Gasteiger partial charge in [-0.15, -0.1) is 0 Å². The van der Waals surface area contributed by atoms with E-state index in [4.69, 9.17) is 4.52 Å². The maximum Gasteiger partial charge on any atom is 0.127 e. The molecular formula is C45H64O3P2. The van der Waals surface area contributed by atoms with E-state index in [1.165, 1.54) is 16.8 Å². The first-order valence-corrected chi connectivity index (χ1v) is 20.0. The first-order chi connectivity index (χ1) is 23.1. The second-order valence-electron chi connectivity index (χ2n) is 17.9. The van der Waals surface area contributed by atoms with Gasteiger partial charge in [0.15, 0.2) is 0 Å². The molecule has 50 heavy (non-hydrogen) atoms. The molecule has 2 N–H and O–H groups in total. The molecule has 0 aliphatic rings. The van der Waals surface area contributed by atoms with Crippen LogP contribution in [0.3, 0.4) is 0 Å². The molecule has 3 nitrogen and oxygen atoms in total. The quantitative estimate of drug-likeness (QED) is 0.179. The summed E-state index contributed by atoms with van der Waals surface area (Å²) in [6.45, 7) is 28.9. The minimum Gasteiger partial charge on any atom is -0.507 e. The number of benzene rings is 4. The molecule has 0 amide bonds. The summed E-state index contributed by atoms with van der Waals surface area (Å²) in [7, 11) is 2.07. The van der Waals surface area contributed by atoms with E-state index in [1.807, 2.05) is 0 Å². The standard InChI is InChI=1S/C28H42O2.C17H22OP2/c1-25(2,3)17-13-19(23(29)21(15-17)27(7,8)9)20-14-18(26(4,5)6)16-22(24(20)30)28(10,11)12;1-15(12-13-18-19)14-20(16-8-4-2-5-9-16)17-10-6-3-7-11-17/h13-16,29-30H,1-12H3;2-11,15H,12-14,19H2,1H3. The van der Waals surface area contributed by atoms with Crippen molar-refractivity contribution < 1.29 is 14.7 Å². The molecule has 0 spiro atoms. The van der Waals surface area contributed by atoms with Crippen molar-refractivity contribution in [2.24, 2.45) is 5.92 Å². The summed E-state index contributed by atoms with van der Waals surface area (Å²) in [4.78, 5) is 0. The Hall–Kier alpha value is -2.70. The van der Waals surface area contributed by atoms with Crippen LogP contribution in [0.1, 0.15) is 119 Å². The molecule has 0 bridgehead atoms. The lowest BCUT2D eigenvalue weighted by molar-refractivity contribution is 0.334. The summed E-state index contributed by atoms with van der Waals surface area (Å²) in [6.07, 6.45) is 2.33. The van der Waals surface area contributed by atoms with Crippen molar-refractivity contribution >= 4 is 28.0 Å². The summed E-state index contributed by atoms with van der Waals surface area (Å²) in [6, 6.07) is 30.1. The molecule has 0 saturated carbocycles. The lowest BCUT2D eigenvalue weighted by Crippen LogP contribution is -2.18. The smallest absolute Gasteiger partial charge is 0.127 e. The van der Waals surface area contributed by atoms with E-state index in [9.17, 15) is 10.2 Å². The van der Waals surface area contributed by atoms with Crippen LogP contribution in [0.15, 0.2) is 84.9 Å². The average Bonchev–Trinajstić information content (AvgIpc) is 3.02. The van der Waals surface area contributed by atoms with E-state index in [-0.39, 0.29) is 41.1 Å². The van der Waals surface area contributed by atoms with E-state index >= 15 is 0 Å². The zero-order valence-corrected chi connectivity index (χ0v) is 35.2. The van der Waals surface area contributed by atoms with Crippen LogP contribution in [0.5, 0.6) is 11.5 Å². The third kappa shape index (κ3) is 11.1. The third-order valence-corrected chi connectivity index (χ3v) is 12.3. The second-order valence-corrected chi connectivity index (χ2v) is 20.5. The van der Waals surface area contributed by atoms with Crippen molar-refractivity contribution in [3.8, 4) is 22.6 Å². The molecule has 2 atom stereocenters. The Labute approximate surface area is 308 Å². The molecule has 0 aliphatic heterocycles. The van der Waals surface area contributed by atoms with Gasteiger partial charge in [-0.2, -0.15) is 0 Å². The van der Waals surface area contributed by atoms with Crippen molar-refractivity contribution in [1.82, 2.24) is 0 Å². The van der Waals surface area contributed by atoms with Gasteiger partial charge in [-0.1, -0.05) is 163 Å². The minimum absolute atomic E-state index is 0.0768. The lowest BCUT2D eigenvalue weighted by Gasteiger charge is -2.30. The Balaban J connectivity index is 0.000000292. The fourth-order valence-electron chi connectivity index (χ4n) is 5.94. The minimum atomic E-state index is -0.269. The Morgan fingerprint density at radius 3 is 1.24 bits per heavy atom. The first-order valence-electron chi connectivity index (χ1n) is 18.0. The normalized spacial score (nSPS) is 13.2. The molecule has 272 valence electrons. The number of hydrogen-bond donors (Lipinski definition) is 2. The van der Waals surface area contributed by atoms with Crippen molar-refractivity contribution in [3.63, 3.8) is 0 Å². The summed E-state index contributed by atoms with van der Waals surface area (Å²) >= 11 is 0. The molecule has 2 unspecified atom stereocenters. The monoisotopic (exact) mass is 714 g/mol. The van der Waals surface area contributed by atoms with Crippen LogP contribution in [0.25, 0.3) is 11.1 Å². The zero-order chi connectivity index (χ0) is 37.7. The van der Waals surface area contributed by atoms with Crippen LogP contribution in [0, 0.1) is 5.92 Å². The van der Waals surface area contributed by atoms with E-state index in [1.54, 1.807) is 0 Å². The van der Waals surface area contributed by atoms with Gasteiger partial charge in [0.05, 0.1) is 6.61 Å². The van der Waals surface area contributed by atoms with Crippen LogP contribution in [0.4, 0.5) is 0 Å². The topological polar surface area (TPSA) is 49.7 Å². The van der Waals surface area contributed by atoms with E-state index < -0.39 is 0 Å². The maximum atomic E-state index is 11.4. The summed E-state index contributed by atoms with van der Waals surface area (Å²) in [5.41, 5.74) is 4.94. The van der Waals surface area contributed by atoms with Crippen molar-refractivity contribution in [2.45, 2.75) is 118 Å². The first kappa shape index (κ1) is 41.7. The van der Waals surface area contributed by atoms with Crippen LogP contribution in [0.2, 0.25) is 0 Å². The molecule has 4 aromatic rings. The molecule has 4 aromatic carbocycles. The molecule has 4 rings (SSSR count). The molecule has 0 aromatic heterocycles. The number of rotatable bonds is 8. The highest BCUT2D eigenvalue weighted by molar-refractivity contribution is 7.73. The van der Waals surface area contributed by atoms with Crippen molar-refractivity contribution in [3.05, 3.63) is 107 Å². The SMILES string of the molecule is CC(C)(C)c1cc(-c2cc(C(C)(C)C)cc(C(C)(C)C)c2O)c(O)c(C(C)(C)C)c1.CC(CCOP)CP(c1ccccc1)c1ccccc1. The lowest BCUT2D eigenvalue weighted by atomic mass is 9.75. The molecule has 0 saturated heterocycles. The van der Waals surface area contributed by atoms with Gasteiger partial charge >= 0.3 is 0 Å². The van der Waals surface area contributed by atoms with E-state index in [0.29, 0.717) is 17.0 Å². The van der Waals surface area contributed by atoms with Gasteiger partial charge in [0, 0.05) is 31.7 Å². The van der Waals surface area contributed by atoms with Gasteiger partial charge in [-0.3, -0.25) is 0 Å². The fraction of sp³-hybridized carbons (Fsp3) is 0.467. The van der Waals surface area contributed by atoms with Gasteiger partial charge in [-0.25, -0.2) is 0 Å². The van der Waals surface area contributed by atoms with Crippen LogP contribution < -0.4 is 10.6 Å². The number of phenols is 2. The van der Waals surface area contributed by atoms with Crippen LogP contribution >= 0.6 is 17.4 Å². The zero-order valence-electron chi connectivity index (χ0n) is 33.1. The summed E-state index contributed by atoms with van der Waals surface area (Å²) < 4.78 is 5.13. The Bertz CT molecular complexity index is 1550.